The third kappa shape index (κ3) is 3.69. The first-order chi connectivity index (χ1) is 10.8. The van der Waals surface area contributed by atoms with Gasteiger partial charge in [0, 0.05) is 24.2 Å². The molecular formula is C16H22ClN3O3. The summed E-state index contributed by atoms with van der Waals surface area (Å²) in [6.45, 7) is 6.34. The molecule has 0 saturated carbocycles. The first-order valence-electron chi connectivity index (χ1n) is 7.57. The summed E-state index contributed by atoms with van der Waals surface area (Å²) in [6, 6.07) is 4.40. The molecule has 23 heavy (non-hydrogen) atoms. The fourth-order valence-electron chi connectivity index (χ4n) is 2.59. The Bertz CT molecular complexity index is 606. The van der Waals surface area contributed by atoms with E-state index < -0.39 is 6.04 Å². The van der Waals surface area contributed by atoms with Crippen molar-refractivity contribution in [3.8, 4) is 5.75 Å². The Hall–Kier alpha value is -1.95. The summed E-state index contributed by atoms with van der Waals surface area (Å²) in [4.78, 5) is 28.1. The minimum absolute atomic E-state index is 0.0239. The standard InChI is InChI=1S/C16H22ClN3O3/c1-10(2)18-16(22)19-7-8-20(15(21)11(19)3)13-9-12(17)5-6-14(13)23-4/h5-6,9-11H,7-8H2,1-4H3,(H,18,22). The highest BCUT2D eigenvalue weighted by atomic mass is 35.5. The lowest BCUT2D eigenvalue weighted by Crippen LogP contribution is -2.60. The minimum atomic E-state index is -0.550. The van der Waals surface area contributed by atoms with E-state index in [1.54, 1.807) is 42.0 Å². The number of rotatable bonds is 3. The number of methoxy groups -OCH3 is 1. The van der Waals surface area contributed by atoms with Gasteiger partial charge in [-0.05, 0) is 39.0 Å². The van der Waals surface area contributed by atoms with Gasteiger partial charge in [-0.3, -0.25) is 4.79 Å². The molecule has 1 aliphatic rings. The van der Waals surface area contributed by atoms with Crippen molar-refractivity contribution >= 4 is 29.2 Å². The molecule has 3 amide bonds. The average molecular weight is 340 g/mol. The van der Waals surface area contributed by atoms with Crippen LogP contribution in [0.15, 0.2) is 18.2 Å². The second kappa shape index (κ2) is 7.08. The first kappa shape index (κ1) is 17.4. The van der Waals surface area contributed by atoms with Crippen LogP contribution in [0.1, 0.15) is 20.8 Å². The fourth-order valence-corrected chi connectivity index (χ4v) is 2.76. The zero-order chi connectivity index (χ0) is 17.1. The van der Waals surface area contributed by atoms with E-state index in [1.165, 1.54) is 0 Å². The van der Waals surface area contributed by atoms with Gasteiger partial charge in [-0.25, -0.2) is 4.79 Å². The van der Waals surface area contributed by atoms with Crippen LogP contribution >= 0.6 is 11.6 Å². The van der Waals surface area contributed by atoms with E-state index in [2.05, 4.69) is 5.32 Å². The van der Waals surface area contributed by atoms with Gasteiger partial charge in [0.1, 0.15) is 11.8 Å². The molecule has 1 saturated heterocycles. The first-order valence-corrected chi connectivity index (χ1v) is 7.95. The Morgan fingerprint density at radius 1 is 1.39 bits per heavy atom. The van der Waals surface area contributed by atoms with Gasteiger partial charge in [-0.1, -0.05) is 11.6 Å². The van der Waals surface area contributed by atoms with Crippen LogP contribution in [0.25, 0.3) is 0 Å². The number of nitrogens with one attached hydrogen (secondary N) is 1. The van der Waals surface area contributed by atoms with Crippen molar-refractivity contribution in [2.45, 2.75) is 32.9 Å². The maximum Gasteiger partial charge on any atom is 0.318 e. The van der Waals surface area contributed by atoms with E-state index in [0.717, 1.165) is 0 Å². The number of carbonyl (C=O) groups excluding carboxylic acids is 2. The summed E-state index contributed by atoms with van der Waals surface area (Å²) in [5.74, 6) is 0.422. The van der Waals surface area contributed by atoms with Crippen LogP contribution in [-0.2, 0) is 4.79 Å². The van der Waals surface area contributed by atoms with E-state index >= 15 is 0 Å². The van der Waals surface area contributed by atoms with Crippen molar-refractivity contribution in [1.29, 1.82) is 0 Å². The number of anilines is 1. The Labute approximate surface area is 141 Å². The van der Waals surface area contributed by atoms with Gasteiger partial charge in [-0.2, -0.15) is 0 Å². The zero-order valence-electron chi connectivity index (χ0n) is 13.8. The number of piperazine rings is 1. The number of ether oxygens (including phenoxy) is 1. The molecule has 0 aliphatic carbocycles. The van der Waals surface area contributed by atoms with Crippen LogP contribution in [0.4, 0.5) is 10.5 Å². The Morgan fingerprint density at radius 2 is 2.09 bits per heavy atom. The SMILES string of the molecule is COc1ccc(Cl)cc1N1CCN(C(=O)NC(C)C)C(C)C1=O. The molecule has 126 valence electrons. The summed E-state index contributed by atoms with van der Waals surface area (Å²) in [5.41, 5.74) is 0.626. The van der Waals surface area contributed by atoms with E-state index in [-0.39, 0.29) is 18.0 Å². The van der Waals surface area contributed by atoms with Crippen molar-refractivity contribution in [2.24, 2.45) is 0 Å². The van der Waals surface area contributed by atoms with Gasteiger partial charge < -0.3 is 19.9 Å². The number of halogens is 1. The lowest BCUT2D eigenvalue weighted by Gasteiger charge is -2.39. The van der Waals surface area contributed by atoms with Crippen LogP contribution in [-0.4, -0.2) is 49.1 Å². The normalized spacial score (nSPS) is 18.3. The summed E-state index contributed by atoms with van der Waals surface area (Å²) in [5, 5.41) is 3.35. The van der Waals surface area contributed by atoms with Gasteiger partial charge in [0.05, 0.1) is 12.8 Å². The second-order valence-electron chi connectivity index (χ2n) is 5.78. The van der Waals surface area contributed by atoms with Gasteiger partial charge >= 0.3 is 6.03 Å². The predicted molar refractivity (Wildman–Crippen MR) is 90.2 cm³/mol. The molecule has 0 bridgehead atoms. The van der Waals surface area contributed by atoms with Gasteiger partial charge in [0.2, 0.25) is 5.91 Å². The number of amides is 3. The minimum Gasteiger partial charge on any atom is -0.495 e. The molecule has 6 nitrogen and oxygen atoms in total. The molecule has 0 radical (unpaired) electrons. The van der Waals surface area contributed by atoms with Crippen molar-refractivity contribution in [2.75, 3.05) is 25.1 Å². The zero-order valence-corrected chi connectivity index (χ0v) is 14.6. The maximum atomic E-state index is 12.7. The van der Waals surface area contributed by atoms with Crippen molar-refractivity contribution in [1.82, 2.24) is 10.2 Å². The predicted octanol–water partition coefficient (Wildman–Crippen LogP) is 2.50. The molecule has 1 aliphatic heterocycles. The van der Waals surface area contributed by atoms with Crippen LogP contribution in [0.3, 0.4) is 0 Å². The molecule has 2 rings (SSSR count). The summed E-state index contributed by atoms with van der Waals surface area (Å²) >= 11 is 6.05. The molecule has 1 aromatic rings. The van der Waals surface area contributed by atoms with E-state index in [4.69, 9.17) is 16.3 Å². The maximum absolute atomic E-state index is 12.7. The molecule has 1 heterocycles. The van der Waals surface area contributed by atoms with E-state index in [0.29, 0.717) is 29.5 Å². The Balaban J connectivity index is 2.22. The smallest absolute Gasteiger partial charge is 0.318 e. The third-order valence-corrected chi connectivity index (χ3v) is 4.00. The van der Waals surface area contributed by atoms with Gasteiger partial charge in [-0.15, -0.1) is 0 Å². The highest BCUT2D eigenvalue weighted by Gasteiger charge is 2.36. The number of benzene rings is 1. The topological polar surface area (TPSA) is 61.9 Å². The van der Waals surface area contributed by atoms with Crippen molar-refractivity contribution < 1.29 is 14.3 Å². The number of nitrogens with zero attached hydrogens (tertiary/aromatic N) is 2. The lowest BCUT2D eigenvalue weighted by molar-refractivity contribution is -0.124. The highest BCUT2D eigenvalue weighted by Crippen LogP contribution is 2.33. The quantitative estimate of drug-likeness (QED) is 0.920. The molecular weight excluding hydrogens is 318 g/mol. The molecule has 7 heteroatoms. The van der Waals surface area contributed by atoms with E-state index in [9.17, 15) is 9.59 Å². The van der Waals surface area contributed by atoms with Crippen molar-refractivity contribution in [3.05, 3.63) is 23.2 Å². The Morgan fingerprint density at radius 3 is 2.70 bits per heavy atom. The van der Waals surface area contributed by atoms with Gasteiger partial charge in [0.25, 0.3) is 0 Å². The van der Waals surface area contributed by atoms with Crippen LogP contribution in [0.2, 0.25) is 5.02 Å². The summed E-state index contributed by atoms with van der Waals surface area (Å²) in [7, 11) is 1.55. The summed E-state index contributed by atoms with van der Waals surface area (Å²) in [6.07, 6.45) is 0. The average Bonchev–Trinajstić information content (AvgIpc) is 2.49. The van der Waals surface area contributed by atoms with Crippen LogP contribution in [0.5, 0.6) is 5.75 Å². The molecule has 1 N–H and O–H groups in total. The van der Waals surface area contributed by atoms with Crippen LogP contribution < -0.4 is 15.0 Å². The molecule has 0 aromatic heterocycles. The fraction of sp³-hybridized carbons (Fsp3) is 0.500. The molecule has 1 atom stereocenters. The largest absolute Gasteiger partial charge is 0.495 e. The molecule has 1 unspecified atom stereocenters. The van der Waals surface area contributed by atoms with Gasteiger partial charge in [0.15, 0.2) is 0 Å². The summed E-state index contributed by atoms with van der Waals surface area (Å²) < 4.78 is 5.32. The number of urea groups is 1. The molecule has 1 aromatic carbocycles. The Kier molecular flexibility index (Phi) is 5.36. The lowest BCUT2D eigenvalue weighted by atomic mass is 10.1. The number of hydrogen-bond acceptors (Lipinski definition) is 3. The monoisotopic (exact) mass is 339 g/mol. The van der Waals surface area contributed by atoms with Crippen LogP contribution in [0, 0.1) is 0 Å². The highest BCUT2D eigenvalue weighted by molar-refractivity contribution is 6.31. The second-order valence-corrected chi connectivity index (χ2v) is 6.22. The van der Waals surface area contributed by atoms with Crippen molar-refractivity contribution in [3.63, 3.8) is 0 Å². The number of carbonyl (C=O) groups is 2. The number of hydrogen-bond donors (Lipinski definition) is 1. The molecule has 1 fully saturated rings. The molecule has 0 spiro atoms. The third-order valence-electron chi connectivity index (χ3n) is 3.76. The van der Waals surface area contributed by atoms with E-state index in [1.807, 2.05) is 13.8 Å².